The van der Waals surface area contributed by atoms with E-state index < -0.39 is 12.1 Å². The Bertz CT molecular complexity index is 439. The number of carboxylic acids is 1. The van der Waals surface area contributed by atoms with Crippen LogP contribution in [0.15, 0.2) is 18.2 Å². The second-order valence-electron chi connectivity index (χ2n) is 4.12. The molecule has 0 radical (unpaired) electrons. The molecule has 5 heteroatoms. The van der Waals surface area contributed by atoms with Crippen LogP contribution in [0.2, 0.25) is 0 Å². The summed E-state index contributed by atoms with van der Waals surface area (Å²) < 4.78 is 10.5. The number of rotatable bonds is 6. The molecule has 1 N–H and O–H groups in total. The first-order valence-corrected chi connectivity index (χ1v) is 5.53. The highest BCUT2D eigenvalue weighted by atomic mass is 16.5. The number of benzene rings is 1. The van der Waals surface area contributed by atoms with Crippen LogP contribution < -0.4 is 9.47 Å². The highest BCUT2D eigenvalue weighted by Crippen LogP contribution is 2.31. The third-order valence-electron chi connectivity index (χ3n) is 2.45. The van der Waals surface area contributed by atoms with Gasteiger partial charge in [-0.05, 0) is 12.1 Å². The predicted molar refractivity (Wildman–Crippen MR) is 65.3 cm³/mol. The lowest BCUT2D eigenvalue weighted by atomic mass is 10.1. The number of para-hydroxylation sites is 1. The molecule has 98 valence electrons. The molecule has 0 amide bonds. The second kappa shape index (κ2) is 6.05. The Morgan fingerprint density at radius 1 is 1.39 bits per heavy atom. The van der Waals surface area contributed by atoms with Crippen LogP contribution in [0.3, 0.4) is 0 Å². The first kappa shape index (κ1) is 14.0. The van der Waals surface area contributed by atoms with Crippen LogP contribution in [0.25, 0.3) is 0 Å². The maximum absolute atomic E-state index is 11.1. The standard InChI is InChI=1S/C13H16O5/c1-8(2)11(13(15)16)18-12-9(7-14)5-4-6-10(12)17-3/h4-8,11H,1-3H3,(H,15,16). The van der Waals surface area contributed by atoms with Crippen molar-refractivity contribution >= 4 is 12.3 Å². The summed E-state index contributed by atoms with van der Waals surface area (Å²) in [7, 11) is 1.43. The zero-order valence-corrected chi connectivity index (χ0v) is 10.5. The Kier molecular flexibility index (Phi) is 4.71. The van der Waals surface area contributed by atoms with Gasteiger partial charge in [0, 0.05) is 5.92 Å². The highest BCUT2D eigenvalue weighted by molar-refractivity contribution is 5.82. The van der Waals surface area contributed by atoms with Crippen molar-refractivity contribution in [3.05, 3.63) is 23.8 Å². The van der Waals surface area contributed by atoms with Gasteiger partial charge >= 0.3 is 5.97 Å². The molecule has 1 aromatic rings. The van der Waals surface area contributed by atoms with Crippen LogP contribution in [0, 0.1) is 5.92 Å². The first-order chi connectivity index (χ1) is 8.51. The first-order valence-electron chi connectivity index (χ1n) is 5.53. The number of carboxylic acid groups (broad SMARTS) is 1. The Morgan fingerprint density at radius 2 is 2.06 bits per heavy atom. The van der Waals surface area contributed by atoms with Crippen LogP contribution in [0.5, 0.6) is 11.5 Å². The van der Waals surface area contributed by atoms with Gasteiger partial charge < -0.3 is 14.6 Å². The van der Waals surface area contributed by atoms with E-state index in [0.29, 0.717) is 12.0 Å². The molecular formula is C13H16O5. The molecule has 0 aliphatic heterocycles. The van der Waals surface area contributed by atoms with E-state index in [1.165, 1.54) is 7.11 Å². The largest absolute Gasteiger partial charge is 0.493 e. The lowest BCUT2D eigenvalue weighted by Crippen LogP contribution is -2.32. The Hall–Kier alpha value is -2.04. The number of hydrogen-bond acceptors (Lipinski definition) is 4. The normalized spacial score (nSPS) is 12.0. The molecule has 0 bridgehead atoms. The molecule has 0 aliphatic carbocycles. The van der Waals surface area contributed by atoms with Gasteiger partial charge in [-0.15, -0.1) is 0 Å². The number of methoxy groups -OCH3 is 1. The summed E-state index contributed by atoms with van der Waals surface area (Å²) in [6, 6.07) is 4.80. The van der Waals surface area contributed by atoms with E-state index in [2.05, 4.69) is 0 Å². The van der Waals surface area contributed by atoms with Gasteiger partial charge in [0.15, 0.2) is 23.9 Å². The van der Waals surface area contributed by atoms with Gasteiger partial charge in [0.1, 0.15) is 0 Å². The molecule has 0 fully saturated rings. The second-order valence-corrected chi connectivity index (χ2v) is 4.12. The molecule has 0 aliphatic rings. The van der Waals surface area contributed by atoms with Crippen molar-refractivity contribution in [2.75, 3.05) is 7.11 Å². The summed E-state index contributed by atoms with van der Waals surface area (Å²) >= 11 is 0. The van der Waals surface area contributed by atoms with Crippen molar-refractivity contribution in [1.29, 1.82) is 0 Å². The summed E-state index contributed by atoms with van der Waals surface area (Å²) in [5, 5.41) is 9.08. The van der Waals surface area contributed by atoms with E-state index in [0.717, 1.165) is 0 Å². The molecule has 18 heavy (non-hydrogen) atoms. The molecule has 0 saturated carbocycles. The highest BCUT2D eigenvalue weighted by Gasteiger charge is 2.26. The molecular weight excluding hydrogens is 236 g/mol. The molecule has 1 unspecified atom stereocenters. The summed E-state index contributed by atoms with van der Waals surface area (Å²) in [6.45, 7) is 3.46. The summed E-state index contributed by atoms with van der Waals surface area (Å²) in [5.41, 5.74) is 0.265. The third-order valence-corrected chi connectivity index (χ3v) is 2.45. The average molecular weight is 252 g/mol. The predicted octanol–water partition coefficient (Wildman–Crippen LogP) is 2.00. The van der Waals surface area contributed by atoms with Gasteiger partial charge in [-0.3, -0.25) is 4.79 Å². The smallest absolute Gasteiger partial charge is 0.345 e. The molecule has 0 aromatic heterocycles. The van der Waals surface area contributed by atoms with E-state index in [9.17, 15) is 9.59 Å². The average Bonchev–Trinajstić information content (AvgIpc) is 2.34. The Balaban J connectivity index is 3.15. The Morgan fingerprint density at radius 3 is 2.50 bits per heavy atom. The summed E-state index contributed by atoms with van der Waals surface area (Å²) in [6.07, 6.45) is -0.420. The van der Waals surface area contributed by atoms with Gasteiger partial charge in [0.2, 0.25) is 0 Å². The SMILES string of the molecule is COc1cccc(C=O)c1OC(C(=O)O)C(C)C. The maximum Gasteiger partial charge on any atom is 0.345 e. The monoisotopic (exact) mass is 252 g/mol. The van der Waals surface area contributed by atoms with Crippen LogP contribution in [-0.2, 0) is 4.79 Å². The van der Waals surface area contributed by atoms with Crippen LogP contribution in [-0.4, -0.2) is 30.6 Å². The lowest BCUT2D eigenvalue weighted by molar-refractivity contribution is -0.147. The van der Waals surface area contributed by atoms with E-state index in [1.54, 1.807) is 32.0 Å². The van der Waals surface area contributed by atoms with Crippen LogP contribution in [0.1, 0.15) is 24.2 Å². The van der Waals surface area contributed by atoms with Crippen molar-refractivity contribution in [2.24, 2.45) is 5.92 Å². The zero-order valence-electron chi connectivity index (χ0n) is 10.5. The van der Waals surface area contributed by atoms with E-state index >= 15 is 0 Å². The topological polar surface area (TPSA) is 72.8 Å². The molecule has 0 heterocycles. The van der Waals surface area contributed by atoms with Gasteiger partial charge in [0.25, 0.3) is 0 Å². The lowest BCUT2D eigenvalue weighted by Gasteiger charge is -2.20. The van der Waals surface area contributed by atoms with Crippen molar-refractivity contribution < 1.29 is 24.2 Å². The Labute approximate surface area is 105 Å². The third kappa shape index (κ3) is 3.00. The number of ether oxygens (including phenoxy) is 2. The van der Waals surface area contributed by atoms with E-state index in [-0.39, 0.29) is 17.2 Å². The van der Waals surface area contributed by atoms with Gasteiger partial charge in [-0.1, -0.05) is 19.9 Å². The summed E-state index contributed by atoms with van der Waals surface area (Å²) in [4.78, 5) is 22.0. The van der Waals surface area contributed by atoms with Crippen molar-refractivity contribution in [3.63, 3.8) is 0 Å². The zero-order chi connectivity index (χ0) is 13.7. The molecule has 5 nitrogen and oxygen atoms in total. The molecule has 0 saturated heterocycles. The minimum Gasteiger partial charge on any atom is -0.493 e. The number of hydrogen-bond donors (Lipinski definition) is 1. The maximum atomic E-state index is 11.1. The summed E-state index contributed by atoms with van der Waals surface area (Å²) in [5.74, 6) is -0.803. The number of aliphatic carboxylic acids is 1. The number of aldehydes is 1. The molecule has 1 atom stereocenters. The van der Waals surface area contributed by atoms with E-state index in [1.807, 2.05) is 0 Å². The van der Waals surface area contributed by atoms with E-state index in [4.69, 9.17) is 14.6 Å². The minimum atomic E-state index is -1.08. The fraction of sp³-hybridized carbons (Fsp3) is 0.385. The van der Waals surface area contributed by atoms with Gasteiger partial charge in [-0.2, -0.15) is 0 Å². The number of carbonyl (C=O) groups is 2. The van der Waals surface area contributed by atoms with Gasteiger partial charge in [-0.25, -0.2) is 4.79 Å². The fourth-order valence-electron chi connectivity index (χ4n) is 1.51. The van der Waals surface area contributed by atoms with Crippen molar-refractivity contribution in [2.45, 2.75) is 20.0 Å². The van der Waals surface area contributed by atoms with Crippen molar-refractivity contribution in [3.8, 4) is 11.5 Å². The molecule has 1 aromatic carbocycles. The fourth-order valence-corrected chi connectivity index (χ4v) is 1.51. The quantitative estimate of drug-likeness (QED) is 0.784. The van der Waals surface area contributed by atoms with Crippen LogP contribution >= 0.6 is 0 Å². The number of carbonyl (C=O) groups excluding carboxylic acids is 1. The van der Waals surface area contributed by atoms with Crippen molar-refractivity contribution in [1.82, 2.24) is 0 Å². The molecule has 0 spiro atoms. The van der Waals surface area contributed by atoms with Gasteiger partial charge in [0.05, 0.1) is 12.7 Å². The molecule has 1 rings (SSSR count). The minimum absolute atomic E-state index is 0.163. The van der Waals surface area contributed by atoms with Crippen LogP contribution in [0.4, 0.5) is 0 Å².